The van der Waals surface area contributed by atoms with Gasteiger partial charge in [0.15, 0.2) is 0 Å². The summed E-state index contributed by atoms with van der Waals surface area (Å²) in [7, 11) is 0. The molecule has 0 radical (unpaired) electrons. The highest BCUT2D eigenvalue weighted by Crippen LogP contribution is 2.27. The predicted molar refractivity (Wildman–Crippen MR) is 71.6 cm³/mol. The number of rotatable bonds is 3. The summed E-state index contributed by atoms with van der Waals surface area (Å²) in [5, 5.41) is 0.389. The molecule has 2 rings (SSSR count). The van der Waals surface area contributed by atoms with Gasteiger partial charge in [0.2, 0.25) is 0 Å². The van der Waals surface area contributed by atoms with E-state index in [0.29, 0.717) is 17.2 Å². The summed E-state index contributed by atoms with van der Waals surface area (Å²) < 4.78 is 26.1. The van der Waals surface area contributed by atoms with Gasteiger partial charge in [0, 0.05) is 34.6 Å². The van der Waals surface area contributed by atoms with Gasteiger partial charge in [-0.2, -0.15) is 23.5 Å². The van der Waals surface area contributed by atoms with E-state index >= 15 is 0 Å². The molecule has 2 unspecified atom stereocenters. The minimum atomic E-state index is -0.530. The number of hydrogen-bond acceptors (Lipinski definition) is 3. The Balaban J connectivity index is 1.99. The fourth-order valence-corrected chi connectivity index (χ4v) is 4.71. The standard InChI is InChI=1S/C12H15F2NS2/c13-9-3-8(4-10(14)6-9)5-11(15)12-7-16-1-2-17-12/h3-4,6,11-12H,1-2,5,7,15H2. The van der Waals surface area contributed by atoms with E-state index < -0.39 is 11.6 Å². The number of nitrogens with two attached hydrogens (primary N) is 1. The van der Waals surface area contributed by atoms with Crippen LogP contribution in [0, 0.1) is 11.6 Å². The molecule has 2 N–H and O–H groups in total. The molecule has 94 valence electrons. The van der Waals surface area contributed by atoms with Crippen molar-refractivity contribution in [2.75, 3.05) is 17.3 Å². The molecule has 1 heterocycles. The number of benzene rings is 1. The Hall–Kier alpha value is -0.260. The minimum absolute atomic E-state index is 0.0333. The van der Waals surface area contributed by atoms with Crippen molar-refractivity contribution in [3.05, 3.63) is 35.4 Å². The third kappa shape index (κ3) is 3.86. The summed E-state index contributed by atoms with van der Waals surface area (Å²) >= 11 is 3.76. The van der Waals surface area contributed by atoms with Crippen molar-refractivity contribution in [1.82, 2.24) is 0 Å². The van der Waals surface area contributed by atoms with Gasteiger partial charge in [-0.15, -0.1) is 0 Å². The average molecular weight is 275 g/mol. The van der Waals surface area contributed by atoms with Crippen LogP contribution in [0.15, 0.2) is 18.2 Å². The molecule has 1 nitrogen and oxygen atoms in total. The molecule has 0 amide bonds. The molecule has 1 fully saturated rings. The highest BCUT2D eigenvalue weighted by molar-refractivity contribution is 8.06. The topological polar surface area (TPSA) is 26.0 Å². The largest absolute Gasteiger partial charge is 0.326 e. The maximum Gasteiger partial charge on any atom is 0.126 e. The van der Waals surface area contributed by atoms with Crippen molar-refractivity contribution in [1.29, 1.82) is 0 Å². The second-order valence-electron chi connectivity index (χ2n) is 4.13. The molecule has 17 heavy (non-hydrogen) atoms. The van der Waals surface area contributed by atoms with Gasteiger partial charge >= 0.3 is 0 Å². The molecule has 1 aromatic carbocycles. The maximum absolute atomic E-state index is 13.0. The van der Waals surface area contributed by atoms with Crippen LogP contribution in [0.1, 0.15) is 5.56 Å². The quantitative estimate of drug-likeness (QED) is 0.918. The van der Waals surface area contributed by atoms with Crippen LogP contribution in [0.2, 0.25) is 0 Å². The van der Waals surface area contributed by atoms with Crippen molar-refractivity contribution in [3.63, 3.8) is 0 Å². The van der Waals surface area contributed by atoms with Crippen LogP contribution in [0.4, 0.5) is 8.78 Å². The van der Waals surface area contributed by atoms with Gasteiger partial charge < -0.3 is 5.73 Å². The Morgan fingerprint density at radius 3 is 2.53 bits per heavy atom. The molecule has 0 aromatic heterocycles. The number of hydrogen-bond donors (Lipinski definition) is 1. The Kier molecular flexibility index (Phi) is 4.70. The second-order valence-corrected chi connectivity index (χ2v) is 6.63. The van der Waals surface area contributed by atoms with Crippen LogP contribution in [0.25, 0.3) is 0 Å². The summed E-state index contributed by atoms with van der Waals surface area (Å²) in [5.41, 5.74) is 6.75. The third-order valence-corrected chi connectivity index (χ3v) is 5.65. The van der Waals surface area contributed by atoms with Crippen molar-refractivity contribution >= 4 is 23.5 Å². The third-order valence-electron chi connectivity index (χ3n) is 2.71. The summed E-state index contributed by atoms with van der Waals surface area (Å²) in [6.45, 7) is 0. The number of halogens is 2. The van der Waals surface area contributed by atoms with Crippen molar-refractivity contribution < 1.29 is 8.78 Å². The van der Waals surface area contributed by atoms with Crippen LogP contribution < -0.4 is 5.73 Å². The van der Waals surface area contributed by atoms with Crippen LogP contribution >= 0.6 is 23.5 Å². The molecule has 1 aromatic rings. The zero-order valence-corrected chi connectivity index (χ0v) is 11.0. The fraction of sp³-hybridized carbons (Fsp3) is 0.500. The summed E-state index contributed by atoms with van der Waals surface area (Å²) in [5.74, 6) is 2.25. The van der Waals surface area contributed by atoms with E-state index in [-0.39, 0.29) is 6.04 Å². The first-order valence-electron chi connectivity index (χ1n) is 5.55. The molecule has 1 saturated heterocycles. The molecule has 5 heteroatoms. The first-order chi connectivity index (χ1) is 8.15. The predicted octanol–water partition coefficient (Wildman–Crippen LogP) is 2.68. The maximum atomic E-state index is 13.0. The van der Waals surface area contributed by atoms with E-state index in [1.807, 2.05) is 23.5 Å². The first kappa shape index (κ1) is 13.2. The lowest BCUT2D eigenvalue weighted by atomic mass is 10.0. The first-order valence-corrected chi connectivity index (χ1v) is 7.75. The van der Waals surface area contributed by atoms with Gasteiger partial charge in [-0.25, -0.2) is 8.78 Å². The Bertz CT molecular complexity index is 361. The molecule has 0 saturated carbocycles. The smallest absolute Gasteiger partial charge is 0.126 e. The lowest BCUT2D eigenvalue weighted by molar-refractivity contribution is 0.574. The van der Waals surface area contributed by atoms with E-state index in [9.17, 15) is 8.78 Å². The molecule has 1 aliphatic heterocycles. The summed E-state index contributed by atoms with van der Waals surface area (Å²) in [6, 6.07) is 3.59. The average Bonchev–Trinajstić information content (AvgIpc) is 2.28. The molecular formula is C12H15F2NS2. The van der Waals surface area contributed by atoms with E-state index in [4.69, 9.17) is 5.73 Å². The van der Waals surface area contributed by atoms with E-state index in [0.717, 1.165) is 17.6 Å². The van der Waals surface area contributed by atoms with Crippen molar-refractivity contribution in [2.45, 2.75) is 17.7 Å². The highest BCUT2D eigenvalue weighted by Gasteiger charge is 2.21. The van der Waals surface area contributed by atoms with E-state index in [1.165, 1.54) is 17.9 Å². The zero-order chi connectivity index (χ0) is 12.3. The van der Waals surface area contributed by atoms with E-state index in [1.54, 1.807) is 0 Å². The Morgan fingerprint density at radius 2 is 1.94 bits per heavy atom. The second kappa shape index (κ2) is 6.07. The molecule has 0 spiro atoms. The lowest BCUT2D eigenvalue weighted by Crippen LogP contribution is -2.38. The van der Waals surface area contributed by atoms with E-state index in [2.05, 4.69) is 0 Å². The molecule has 1 aliphatic rings. The van der Waals surface area contributed by atoms with Crippen molar-refractivity contribution in [3.8, 4) is 0 Å². The monoisotopic (exact) mass is 275 g/mol. The van der Waals surface area contributed by atoms with Crippen LogP contribution in [0.3, 0.4) is 0 Å². The van der Waals surface area contributed by atoms with Gasteiger partial charge in [-0.1, -0.05) is 0 Å². The normalized spacial score (nSPS) is 22.4. The lowest BCUT2D eigenvalue weighted by Gasteiger charge is -2.26. The fourth-order valence-electron chi connectivity index (χ4n) is 1.89. The van der Waals surface area contributed by atoms with Gasteiger partial charge in [-0.3, -0.25) is 0 Å². The minimum Gasteiger partial charge on any atom is -0.326 e. The SMILES string of the molecule is NC(Cc1cc(F)cc(F)c1)C1CSCCS1. The zero-order valence-electron chi connectivity index (χ0n) is 9.36. The van der Waals surface area contributed by atoms with Gasteiger partial charge in [0.1, 0.15) is 11.6 Å². The van der Waals surface area contributed by atoms with Crippen LogP contribution in [-0.4, -0.2) is 28.6 Å². The summed E-state index contributed by atoms with van der Waals surface area (Å²) in [6.07, 6.45) is 0.535. The Labute approximate surface area is 109 Å². The van der Waals surface area contributed by atoms with Gasteiger partial charge in [0.25, 0.3) is 0 Å². The Morgan fingerprint density at radius 1 is 1.24 bits per heavy atom. The highest BCUT2D eigenvalue weighted by atomic mass is 32.2. The van der Waals surface area contributed by atoms with Crippen LogP contribution in [0.5, 0.6) is 0 Å². The molecular weight excluding hydrogens is 260 g/mol. The molecule has 0 aliphatic carbocycles. The van der Waals surface area contributed by atoms with Gasteiger partial charge in [-0.05, 0) is 24.1 Å². The van der Waals surface area contributed by atoms with Crippen LogP contribution in [-0.2, 0) is 6.42 Å². The molecule has 0 bridgehead atoms. The van der Waals surface area contributed by atoms with Gasteiger partial charge in [0.05, 0.1) is 0 Å². The van der Waals surface area contributed by atoms with Crippen molar-refractivity contribution in [2.24, 2.45) is 5.73 Å². The number of thioether (sulfide) groups is 2. The summed E-state index contributed by atoms with van der Waals surface area (Å²) in [4.78, 5) is 0. The molecule has 2 atom stereocenters.